The minimum atomic E-state index is 0.0992. The zero-order chi connectivity index (χ0) is 18.8. The van der Waals surface area contributed by atoms with Crippen molar-refractivity contribution in [2.24, 2.45) is 17.8 Å². The van der Waals surface area contributed by atoms with Crippen LogP contribution in [0.25, 0.3) is 11.4 Å². The first kappa shape index (κ1) is 18.5. The van der Waals surface area contributed by atoms with Crippen molar-refractivity contribution in [1.29, 1.82) is 0 Å². The van der Waals surface area contributed by atoms with Crippen LogP contribution >= 0.6 is 11.8 Å². The summed E-state index contributed by atoms with van der Waals surface area (Å²) in [7, 11) is 0. The molecule has 2 fully saturated rings. The smallest absolute Gasteiger partial charge is 0.230 e. The molecule has 4 unspecified atom stereocenters. The fourth-order valence-electron chi connectivity index (χ4n) is 4.92. The van der Waals surface area contributed by atoms with Gasteiger partial charge in [0.15, 0.2) is 11.0 Å². The van der Waals surface area contributed by atoms with Crippen molar-refractivity contribution >= 4 is 17.7 Å². The second kappa shape index (κ2) is 8.05. The SMILES string of the molecule is CCn1c(SCC(=O)NC(C)C2CC3CCC2C3)nnc1-c1ccccc1. The van der Waals surface area contributed by atoms with E-state index in [2.05, 4.69) is 33.9 Å². The van der Waals surface area contributed by atoms with Gasteiger partial charge in [-0.05, 0) is 50.9 Å². The number of thioether (sulfide) groups is 1. The number of nitrogens with one attached hydrogen (secondary N) is 1. The maximum absolute atomic E-state index is 12.5. The molecule has 144 valence electrons. The van der Waals surface area contributed by atoms with Crippen LogP contribution in [0.2, 0.25) is 0 Å². The van der Waals surface area contributed by atoms with Gasteiger partial charge >= 0.3 is 0 Å². The summed E-state index contributed by atoms with van der Waals surface area (Å²) in [6, 6.07) is 10.3. The Balaban J connectivity index is 1.34. The number of carbonyl (C=O) groups excluding carboxylic acids is 1. The summed E-state index contributed by atoms with van der Waals surface area (Å²) in [6.45, 7) is 5.04. The Hall–Kier alpha value is -1.82. The van der Waals surface area contributed by atoms with E-state index in [0.29, 0.717) is 11.7 Å². The number of carbonyl (C=O) groups is 1. The number of rotatable bonds is 7. The third kappa shape index (κ3) is 3.91. The topological polar surface area (TPSA) is 59.8 Å². The summed E-state index contributed by atoms with van der Waals surface area (Å²) >= 11 is 1.47. The van der Waals surface area contributed by atoms with E-state index in [1.165, 1.54) is 37.4 Å². The number of hydrogen-bond acceptors (Lipinski definition) is 4. The van der Waals surface area contributed by atoms with Crippen LogP contribution in [-0.4, -0.2) is 32.5 Å². The normalized spacial score (nSPS) is 24.9. The summed E-state index contributed by atoms with van der Waals surface area (Å²) in [5.41, 5.74) is 1.05. The molecule has 27 heavy (non-hydrogen) atoms. The minimum Gasteiger partial charge on any atom is -0.353 e. The van der Waals surface area contributed by atoms with Gasteiger partial charge in [0.05, 0.1) is 5.75 Å². The van der Waals surface area contributed by atoms with E-state index < -0.39 is 0 Å². The van der Waals surface area contributed by atoms with E-state index >= 15 is 0 Å². The summed E-state index contributed by atoms with van der Waals surface area (Å²) < 4.78 is 2.08. The number of aromatic nitrogens is 3. The van der Waals surface area contributed by atoms with Crippen LogP contribution in [0.4, 0.5) is 0 Å². The van der Waals surface area contributed by atoms with E-state index in [4.69, 9.17) is 0 Å². The van der Waals surface area contributed by atoms with Gasteiger partial charge in [-0.1, -0.05) is 48.5 Å². The first-order valence-corrected chi connectivity index (χ1v) is 11.0. The molecule has 0 aliphatic heterocycles. The molecule has 1 amide bonds. The Bertz CT molecular complexity index is 791. The Morgan fingerprint density at radius 2 is 2.07 bits per heavy atom. The number of benzene rings is 1. The molecule has 4 rings (SSSR count). The molecule has 1 heterocycles. The third-order valence-electron chi connectivity index (χ3n) is 6.22. The van der Waals surface area contributed by atoms with Crippen molar-refractivity contribution in [3.63, 3.8) is 0 Å². The maximum atomic E-state index is 12.5. The molecule has 5 nitrogen and oxygen atoms in total. The molecule has 2 bridgehead atoms. The maximum Gasteiger partial charge on any atom is 0.230 e. The lowest BCUT2D eigenvalue weighted by atomic mass is 9.84. The number of nitrogens with zero attached hydrogens (tertiary/aromatic N) is 3. The first-order valence-electron chi connectivity index (χ1n) is 10.1. The largest absolute Gasteiger partial charge is 0.353 e. The van der Waals surface area contributed by atoms with E-state index in [1.807, 2.05) is 30.3 Å². The summed E-state index contributed by atoms with van der Waals surface area (Å²) in [4.78, 5) is 12.5. The van der Waals surface area contributed by atoms with Gasteiger partial charge in [-0.2, -0.15) is 0 Å². The minimum absolute atomic E-state index is 0.0992. The molecule has 0 spiro atoms. The van der Waals surface area contributed by atoms with Gasteiger partial charge in [-0.15, -0.1) is 10.2 Å². The van der Waals surface area contributed by atoms with Gasteiger partial charge in [-0.25, -0.2) is 0 Å². The highest BCUT2D eigenvalue weighted by atomic mass is 32.2. The van der Waals surface area contributed by atoms with Gasteiger partial charge in [0.2, 0.25) is 5.91 Å². The van der Waals surface area contributed by atoms with Crippen LogP contribution < -0.4 is 5.32 Å². The van der Waals surface area contributed by atoms with Gasteiger partial charge in [0.1, 0.15) is 0 Å². The van der Waals surface area contributed by atoms with E-state index in [0.717, 1.165) is 34.9 Å². The third-order valence-corrected chi connectivity index (χ3v) is 7.19. The Labute approximate surface area is 165 Å². The van der Waals surface area contributed by atoms with Crippen LogP contribution in [0.15, 0.2) is 35.5 Å². The summed E-state index contributed by atoms with van der Waals surface area (Å²) in [5.74, 6) is 3.75. The quantitative estimate of drug-likeness (QED) is 0.733. The fraction of sp³-hybridized carbons (Fsp3) is 0.571. The molecule has 1 aromatic heterocycles. The Morgan fingerprint density at radius 1 is 1.26 bits per heavy atom. The van der Waals surface area contributed by atoms with Crippen molar-refractivity contribution in [1.82, 2.24) is 20.1 Å². The molecule has 2 aliphatic carbocycles. The number of hydrogen-bond donors (Lipinski definition) is 1. The predicted octanol–water partition coefficient (Wildman–Crippen LogP) is 4.00. The van der Waals surface area contributed by atoms with Crippen molar-refractivity contribution in [2.75, 3.05) is 5.75 Å². The molecule has 2 aliphatic rings. The number of fused-ring (bicyclic) bond motifs is 2. The van der Waals surface area contributed by atoms with E-state index in [-0.39, 0.29) is 11.9 Å². The van der Waals surface area contributed by atoms with Crippen molar-refractivity contribution in [3.8, 4) is 11.4 Å². The molecule has 1 N–H and O–H groups in total. The molecular weight excluding hydrogens is 356 g/mol. The average Bonchev–Trinajstić information content (AvgIpc) is 3.42. The van der Waals surface area contributed by atoms with Crippen LogP contribution in [0.1, 0.15) is 39.5 Å². The van der Waals surface area contributed by atoms with Gasteiger partial charge in [-0.3, -0.25) is 4.79 Å². The van der Waals surface area contributed by atoms with Crippen molar-refractivity contribution < 1.29 is 4.79 Å². The monoisotopic (exact) mass is 384 g/mol. The van der Waals surface area contributed by atoms with Crippen molar-refractivity contribution in [3.05, 3.63) is 30.3 Å². The Morgan fingerprint density at radius 3 is 2.74 bits per heavy atom. The second-order valence-electron chi connectivity index (χ2n) is 7.90. The highest BCUT2D eigenvalue weighted by Crippen LogP contribution is 2.49. The van der Waals surface area contributed by atoms with Gasteiger partial charge in [0.25, 0.3) is 0 Å². The standard InChI is InChI=1S/C21H28N4OS/c1-3-25-20(16-7-5-4-6-8-16)23-24-21(25)27-13-19(26)22-14(2)18-12-15-9-10-17(18)11-15/h4-8,14-15,17-18H,3,9-13H2,1-2H3,(H,22,26). The van der Waals surface area contributed by atoms with Crippen LogP contribution in [0, 0.1) is 17.8 Å². The fourth-order valence-corrected chi connectivity index (χ4v) is 5.73. The lowest BCUT2D eigenvalue weighted by Gasteiger charge is -2.28. The summed E-state index contributed by atoms with van der Waals surface area (Å²) in [6.07, 6.45) is 5.42. The molecule has 6 heteroatoms. The van der Waals surface area contributed by atoms with Crippen LogP contribution in [0.3, 0.4) is 0 Å². The lowest BCUT2D eigenvalue weighted by molar-refractivity contribution is -0.119. The van der Waals surface area contributed by atoms with E-state index in [9.17, 15) is 4.79 Å². The van der Waals surface area contributed by atoms with Crippen molar-refractivity contribution in [2.45, 2.75) is 57.3 Å². The van der Waals surface area contributed by atoms with Gasteiger partial charge in [0, 0.05) is 18.2 Å². The highest BCUT2D eigenvalue weighted by molar-refractivity contribution is 7.99. The lowest BCUT2D eigenvalue weighted by Crippen LogP contribution is -2.40. The molecule has 1 aromatic carbocycles. The first-order chi connectivity index (χ1) is 13.2. The second-order valence-corrected chi connectivity index (χ2v) is 8.84. The zero-order valence-electron chi connectivity index (χ0n) is 16.1. The molecule has 4 atom stereocenters. The molecular formula is C21H28N4OS. The Kier molecular flexibility index (Phi) is 5.53. The zero-order valence-corrected chi connectivity index (χ0v) is 16.9. The highest BCUT2D eigenvalue weighted by Gasteiger charge is 2.42. The van der Waals surface area contributed by atoms with Crippen LogP contribution in [0.5, 0.6) is 0 Å². The molecule has 0 radical (unpaired) electrons. The van der Waals surface area contributed by atoms with Gasteiger partial charge < -0.3 is 9.88 Å². The average molecular weight is 385 g/mol. The van der Waals surface area contributed by atoms with Crippen LogP contribution in [-0.2, 0) is 11.3 Å². The predicted molar refractivity (Wildman–Crippen MR) is 108 cm³/mol. The molecule has 2 saturated carbocycles. The number of amides is 1. The molecule has 0 saturated heterocycles. The summed E-state index contributed by atoms with van der Waals surface area (Å²) in [5, 5.41) is 12.7. The molecule has 2 aromatic rings. The van der Waals surface area contributed by atoms with E-state index in [1.54, 1.807) is 0 Å².